The fourth-order valence-corrected chi connectivity index (χ4v) is 3.76. The first kappa shape index (κ1) is 16.3. The van der Waals surface area contributed by atoms with Crippen molar-refractivity contribution in [3.05, 3.63) is 47.5 Å². The summed E-state index contributed by atoms with van der Waals surface area (Å²) in [6.45, 7) is 0.560. The molecule has 0 bridgehead atoms. The largest absolute Gasteiger partial charge is 0.463 e. The normalized spacial score (nSPS) is 24.9. The molecule has 1 fully saturated rings. The number of hydrogen-bond donors (Lipinski definition) is 1. The van der Waals surface area contributed by atoms with Crippen molar-refractivity contribution < 1.29 is 33.6 Å². The fourth-order valence-electron chi connectivity index (χ4n) is 3.76. The van der Waals surface area contributed by atoms with Crippen LogP contribution in [0.1, 0.15) is 11.1 Å². The smallest absolute Gasteiger partial charge is 0.338 e. The monoisotopic (exact) mass is 370 g/mol. The van der Waals surface area contributed by atoms with Crippen LogP contribution in [0.3, 0.4) is 0 Å². The number of ether oxygens (including phenoxy) is 5. The first-order valence-corrected chi connectivity index (χ1v) is 8.78. The average molecular weight is 370 g/mol. The van der Waals surface area contributed by atoms with E-state index in [4.69, 9.17) is 23.7 Å². The second-order valence-corrected chi connectivity index (χ2v) is 6.98. The minimum Gasteiger partial charge on any atom is -0.463 e. The van der Waals surface area contributed by atoms with Gasteiger partial charge in [-0.1, -0.05) is 12.1 Å². The van der Waals surface area contributed by atoms with Gasteiger partial charge in [0.2, 0.25) is 13.6 Å². The Bertz CT molecular complexity index is 909. The number of cyclic esters (lactones) is 1. The number of rotatable bonds is 4. The quantitative estimate of drug-likeness (QED) is 0.822. The molecule has 27 heavy (non-hydrogen) atoms. The summed E-state index contributed by atoms with van der Waals surface area (Å²) in [7, 11) is 0. The summed E-state index contributed by atoms with van der Waals surface area (Å²) in [6.07, 6.45) is 0.640. The molecule has 2 atom stereocenters. The molecule has 0 spiro atoms. The van der Waals surface area contributed by atoms with E-state index in [9.17, 15) is 9.90 Å². The van der Waals surface area contributed by atoms with Crippen LogP contribution in [0.15, 0.2) is 36.4 Å². The first-order valence-electron chi connectivity index (χ1n) is 8.78. The van der Waals surface area contributed by atoms with Gasteiger partial charge in [-0.3, -0.25) is 0 Å². The van der Waals surface area contributed by atoms with Gasteiger partial charge in [-0.15, -0.1) is 0 Å². The molecule has 0 aliphatic carbocycles. The van der Waals surface area contributed by atoms with Crippen molar-refractivity contribution in [3.63, 3.8) is 0 Å². The molecule has 0 saturated carbocycles. The highest BCUT2D eigenvalue weighted by Crippen LogP contribution is 2.39. The fraction of sp³-hybridized carbons (Fsp3) is 0.350. The molecule has 3 aliphatic heterocycles. The Morgan fingerprint density at radius 1 is 0.852 bits per heavy atom. The second-order valence-electron chi connectivity index (χ2n) is 6.98. The summed E-state index contributed by atoms with van der Waals surface area (Å²) in [6, 6.07) is 11.0. The van der Waals surface area contributed by atoms with Crippen molar-refractivity contribution in [2.75, 3.05) is 20.2 Å². The van der Waals surface area contributed by atoms with Crippen LogP contribution < -0.4 is 18.9 Å². The van der Waals surface area contributed by atoms with E-state index < -0.39 is 11.6 Å². The maximum absolute atomic E-state index is 12.3. The SMILES string of the molecule is O=C1OCC(Cc2ccc3c(c2)OCO3)C1(O)Cc1ccc2c(c1)OCO2. The van der Waals surface area contributed by atoms with Gasteiger partial charge in [-0.2, -0.15) is 0 Å². The minimum atomic E-state index is -1.59. The van der Waals surface area contributed by atoms with Crippen molar-refractivity contribution in [1.29, 1.82) is 0 Å². The molecule has 7 heteroatoms. The molecule has 2 aromatic rings. The maximum atomic E-state index is 12.3. The molecule has 140 valence electrons. The van der Waals surface area contributed by atoms with Gasteiger partial charge in [0.05, 0.1) is 6.61 Å². The third-order valence-corrected chi connectivity index (χ3v) is 5.27. The predicted molar refractivity (Wildman–Crippen MR) is 91.9 cm³/mol. The van der Waals surface area contributed by atoms with Crippen LogP contribution >= 0.6 is 0 Å². The Labute approximate surface area is 155 Å². The van der Waals surface area contributed by atoms with Crippen molar-refractivity contribution in [3.8, 4) is 23.0 Å². The number of hydrogen-bond acceptors (Lipinski definition) is 7. The zero-order valence-electron chi connectivity index (χ0n) is 14.5. The van der Waals surface area contributed by atoms with Gasteiger partial charge in [-0.25, -0.2) is 4.79 Å². The second kappa shape index (κ2) is 6.06. The lowest BCUT2D eigenvalue weighted by Gasteiger charge is -2.25. The van der Waals surface area contributed by atoms with E-state index in [0.29, 0.717) is 29.4 Å². The number of carbonyl (C=O) groups is 1. The van der Waals surface area contributed by atoms with Crippen LogP contribution in [0, 0.1) is 5.92 Å². The molecule has 7 nitrogen and oxygen atoms in total. The summed E-state index contributed by atoms with van der Waals surface area (Å²) in [5.41, 5.74) is 0.146. The Hall–Kier alpha value is -2.93. The van der Waals surface area contributed by atoms with Crippen molar-refractivity contribution in [2.45, 2.75) is 18.4 Å². The van der Waals surface area contributed by atoms with Gasteiger partial charge in [0.15, 0.2) is 28.6 Å². The Morgan fingerprint density at radius 2 is 1.44 bits per heavy atom. The van der Waals surface area contributed by atoms with Gasteiger partial charge in [0.25, 0.3) is 0 Å². The number of esters is 1. The van der Waals surface area contributed by atoms with Crippen molar-refractivity contribution in [1.82, 2.24) is 0 Å². The first-order chi connectivity index (χ1) is 13.1. The third kappa shape index (κ3) is 2.75. The Kier molecular flexibility index (Phi) is 3.65. The van der Waals surface area contributed by atoms with E-state index in [1.165, 1.54) is 0 Å². The molecule has 0 radical (unpaired) electrons. The van der Waals surface area contributed by atoms with Crippen LogP contribution in [-0.4, -0.2) is 36.9 Å². The predicted octanol–water partition coefficient (Wildman–Crippen LogP) is 1.83. The Morgan fingerprint density at radius 3 is 2.15 bits per heavy atom. The standard InChI is InChI=1S/C20H18O7/c21-19-20(22,8-13-2-4-16-18(7-13)27-11-25-16)14(9-23-19)5-12-1-3-15-17(6-12)26-10-24-15/h1-4,6-7,14,22H,5,8-11H2. The van der Waals surface area contributed by atoms with E-state index in [2.05, 4.69) is 0 Å². The molecule has 5 rings (SSSR count). The maximum Gasteiger partial charge on any atom is 0.338 e. The molecule has 1 saturated heterocycles. The summed E-state index contributed by atoms with van der Waals surface area (Å²) in [5.74, 6) is 1.71. The lowest BCUT2D eigenvalue weighted by atomic mass is 9.81. The third-order valence-electron chi connectivity index (χ3n) is 5.27. The van der Waals surface area contributed by atoms with E-state index >= 15 is 0 Å². The van der Waals surface area contributed by atoms with Crippen LogP contribution in [0.4, 0.5) is 0 Å². The van der Waals surface area contributed by atoms with E-state index in [1.807, 2.05) is 24.3 Å². The molecule has 2 aromatic carbocycles. The lowest BCUT2D eigenvalue weighted by Crippen LogP contribution is -2.44. The number of benzene rings is 2. The van der Waals surface area contributed by atoms with Crippen LogP contribution in [0.2, 0.25) is 0 Å². The van der Waals surface area contributed by atoms with Gasteiger partial charge in [0, 0.05) is 12.3 Å². The molecule has 1 N–H and O–H groups in total. The summed E-state index contributed by atoms with van der Waals surface area (Å²) in [5, 5.41) is 11.2. The molecular weight excluding hydrogens is 352 g/mol. The highest BCUT2D eigenvalue weighted by molar-refractivity contribution is 5.82. The highest BCUT2D eigenvalue weighted by Gasteiger charge is 2.51. The van der Waals surface area contributed by atoms with E-state index in [-0.39, 0.29) is 32.5 Å². The van der Waals surface area contributed by atoms with Gasteiger partial charge in [0.1, 0.15) is 0 Å². The van der Waals surface area contributed by atoms with Gasteiger partial charge >= 0.3 is 5.97 Å². The number of aliphatic hydroxyl groups is 1. The van der Waals surface area contributed by atoms with Crippen molar-refractivity contribution in [2.24, 2.45) is 5.92 Å². The van der Waals surface area contributed by atoms with E-state index in [0.717, 1.165) is 11.1 Å². The zero-order valence-corrected chi connectivity index (χ0v) is 14.5. The Balaban J connectivity index is 1.38. The average Bonchev–Trinajstić information content (AvgIpc) is 3.37. The van der Waals surface area contributed by atoms with Crippen LogP contribution in [-0.2, 0) is 22.4 Å². The lowest BCUT2D eigenvalue weighted by molar-refractivity contribution is -0.154. The zero-order chi connectivity index (χ0) is 18.4. The number of fused-ring (bicyclic) bond motifs is 2. The van der Waals surface area contributed by atoms with E-state index in [1.54, 1.807) is 12.1 Å². The number of carbonyl (C=O) groups excluding carboxylic acids is 1. The van der Waals surface area contributed by atoms with Gasteiger partial charge < -0.3 is 28.8 Å². The summed E-state index contributed by atoms with van der Waals surface area (Å²) < 4.78 is 26.6. The molecule has 3 heterocycles. The van der Waals surface area contributed by atoms with Crippen LogP contribution in [0.5, 0.6) is 23.0 Å². The summed E-state index contributed by atoms with van der Waals surface area (Å²) >= 11 is 0. The molecular formula is C20H18O7. The van der Waals surface area contributed by atoms with Gasteiger partial charge in [-0.05, 0) is 41.8 Å². The molecule has 2 unspecified atom stereocenters. The topological polar surface area (TPSA) is 83.5 Å². The minimum absolute atomic E-state index is 0.150. The summed E-state index contributed by atoms with van der Waals surface area (Å²) in [4.78, 5) is 12.3. The molecule has 3 aliphatic rings. The highest BCUT2D eigenvalue weighted by atomic mass is 16.7. The molecule has 0 aromatic heterocycles. The van der Waals surface area contributed by atoms with Crippen molar-refractivity contribution >= 4 is 5.97 Å². The molecule has 0 amide bonds. The van der Waals surface area contributed by atoms with Crippen LogP contribution in [0.25, 0.3) is 0 Å².